The van der Waals surface area contributed by atoms with Crippen molar-refractivity contribution < 1.29 is 4.74 Å². The molecule has 3 unspecified atom stereocenters. The van der Waals surface area contributed by atoms with E-state index in [9.17, 15) is 0 Å². The van der Waals surface area contributed by atoms with Crippen molar-refractivity contribution in [1.82, 2.24) is 4.90 Å². The Balaban J connectivity index is 1.68. The minimum atomic E-state index is 0.528. The van der Waals surface area contributed by atoms with Crippen LogP contribution < -0.4 is 10.5 Å². The molecular weight excluding hydrogens is 224 g/mol. The number of rotatable bonds is 3. The predicted molar refractivity (Wildman–Crippen MR) is 72.9 cm³/mol. The third-order valence-electron chi connectivity index (χ3n) is 4.38. The quantitative estimate of drug-likeness (QED) is 0.884. The van der Waals surface area contributed by atoms with E-state index in [1.807, 2.05) is 6.07 Å². The lowest BCUT2D eigenvalue weighted by Crippen LogP contribution is -2.32. The summed E-state index contributed by atoms with van der Waals surface area (Å²) in [6.45, 7) is 6.22. The maximum absolute atomic E-state index is 5.79. The summed E-state index contributed by atoms with van der Waals surface area (Å²) in [4.78, 5) is 2.58. The first-order valence-corrected chi connectivity index (χ1v) is 6.93. The van der Waals surface area contributed by atoms with Gasteiger partial charge in [0, 0.05) is 30.6 Å². The Bertz CT molecular complexity index is 421. The third-order valence-corrected chi connectivity index (χ3v) is 4.38. The van der Waals surface area contributed by atoms with Gasteiger partial charge in [0.25, 0.3) is 0 Å². The second-order valence-corrected chi connectivity index (χ2v) is 5.69. The molecular formula is C15H22N2O. The summed E-state index contributed by atoms with van der Waals surface area (Å²) in [5.41, 5.74) is 7.17. The Labute approximate surface area is 109 Å². The maximum atomic E-state index is 5.79. The van der Waals surface area contributed by atoms with Crippen LogP contribution >= 0.6 is 0 Å². The molecule has 2 aliphatic rings. The van der Waals surface area contributed by atoms with E-state index in [1.54, 1.807) is 0 Å². The first-order valence-electron chi connectivity index (χ1n) is 6.93. The molecule has 3 nitrogen and oxygen atoms in total. The maximum Gasteiger partial charge on any atom is 0.122 e. The zero-order chi connectivity index (χ0) is 12.5. The second kappa shape index (κ2) is 4.90. The van der Waals surface area contributed by atoms with Gasteiger partial charge >= 0.3 is 0 Å². The monoisotopic (exact) mass is 246 g/mol. The van der Waals surface area contributed by atoms with Gasteiger partial charge in [-0.15, -0.1) is 0 Å². The molecule has 3 atom stereocenters. The number of fused-ring (bicyclic) bond motifs is 1. The van der Waals surface area contributed by atoms with Gasteiger partial charge in [-0.05, 0) is 31.9 Å². The molecule has 1 saturated heterocycles. The SMILES string of the molecule is CC1CC(CN)CN1CC1COc2ccccc21. The van der Waals surface area contributed by atoms with Gasteiger partial charge in [0.2, 0.25) is 0 Å². The number of hydrogen-bond donors (Lipinski definition) is 1. The Morgan fingerprint density at radius 2 is 2.22 bits per heavy atom. The van der Waals surface area contributed by atoms with Gasteiger partial charge in [-0.1, -0.05) is 18.2 Å². The lowest BCUT2D eigenvalue weighted by molar-refractivity contribution is 0.225. The van der Waals surface area contributed by atoms with Gasteiger partial charge in [0.15, 0.2) is 0 Å². The van der Waals surface area contributed by atoms with Gasteiger partial charge in [-0.3, -0.25) is 4.90 Å². The molecule has 2 N–H and O–H groups in total. The summed E-state index contributed by atoms with van der Waals surface area (Å²) >= 11 is 0. The smallest absolute Gasteiger partial charge is 0.122 e. The molecule has 0 spiro atoms. The van der Waals surface area contributed by atoms with Gasteiger partial charge in [-0.25, -0.2) is 0 Å². The number of nitrogens with zero attached hydrogens (tertiary/aromatic N) is 1. The summed E-state index contributed by atoms with van der Waals surface area (Å²) in [7, 11) is 0. The van der Waals surface area contributed by atoms with E-state index in [0.717, 1.165) is 32.0 Å². The molecule has 0 aliphatic carbocycles. The first kappa shape index (κ1) is 12.0. The van der Waals surface area contributed by atoms with Crippen LogP contribution in [-0.2, 0) is 0 Å². The Kier molecular flexibility index (Phi) is 3.27. The fraction of sp³-hybridized carbons (Fsp3) is 0.600. The van der Waals surface area contributed by atoms with E-state index < -0.39 is 0 Å². The fourth-order valence-electron chi connectivity index (χ4n) is 3.31. The van der Waals surface area contributed by atoms with E-state index >= 15 is 0 Å². The summed E-state index contributed by atoms with van der Waals surface area (Å²) in [5.74, 6) is 2.28. The van der Waals surface area contributed by atoms with E-state index in [0.29, 0.717) is 17.9 Å². The lowest BCUT2D eigenvalue weighted by Gasteiger charge is -2.24. The molecule has 18 heavy (non-hydrogen) atoms. The molecule has 1 aromatic rings. The van der Waals surface area contributed by atoms with Crippen molar-refractivity contribution in [1.29, 1.82) is 0 Å². The Morgan fingerprint density at radius 3 is 3.00 bits per heavy atom. The van der Waals surface area contributed by atoms with Crippen molar-refractivity contribution in [3.8, 4) is 5.75 Å². The van der Waals surface area contributed by atoms with Gasteiger partial charge < -0.3 is 10.5 Å². The summed E-state index contributed by atoms with van der Waals surface area (Å²) in [6.07, 6.45) is 1.24. The van der Waals surface area contributed by atoms with Gasteiger partial charge in [0.05, 0.1) is 6.61 Å². The minimum absolute atomic E-state index is 0.528. The van der Waals surface area contributed by atoms with Gasteiger partial charge in [0.1, 0.15) is 5.75 Å². The van der Waals surface area contributed by atoms with Crippen LogP contribution in [-0.4, -0.2) is 37.2 Å². The normalized spacial score (nSPS) is 31.3. The zero-order valence-electron chi connectivity index (χ0n) is 11.0. The average molecular weight is 246 g/mol. The Morgan fingerprint density at radius 1 is 1.39 bits per heavy atom. The highest BCUT2D eigenvalue weighted by atomic mass is 16.5. The van der Waals surface area contributed by atoms with Crippen molar-refractivity contribution in [2.75, 3.05) is 26.2 Å². The lowest BCUT2D eigenvalue weighted by atomic mass is 10.0. The van der Waals surface area contributed by atoms with Crippen LogP contribution in [0.4, 0.5) is 0 Å². The highest BCUT2D eigenvalue weighted by Crippen LogP contribution is 2.35. The summed E-state index contributed by atoms with van der Waals surface area (Å²) in [6, 6.07) is 9.09. The van der Waals surface area contributed by atoms with E-state index in [-0.39, 0.29) is 0 Å². The van der Waals surface area contributed by atoms with Crippen molar-refractivity contribution in [3.05, 3.63) is 29.8 Å². The van der Waals surface area contributed by atoms with Crippen LogP contribution in [0.25, 0.3) is 0 Å². The molecule has 98 valence electrons. The average Bonchev–Trinajstić information content (AvgIpc) is 2.95. The fourth-order valence-corrected chi connectivity index (χ4v) is 3.31. The number of ether oxygens (including phenoxy) is 1. The van der Waals surface area contributed by atoms with Crippen LogP contribution in [0.5, 0.6) is 5.75 Å². The van der Waals surface area contributed by atoms with Crippen LogP contribution in [0.15, 0.2) is 24.3 Å². The van der Waals surface area contributed by atoms with Crippen LogP contribution in [0, 0.1) is 5.92 Å². The molecule has 0 saturated carbocycles. The van der Waals surface area contributed by atoms with E-state index in [2.05, 4.69) is 30.0 Å². The molecule has 0 radical (unpaired) electrons. The Hall–Kier alpha value is -1.06. The summed E-state index contributed by atoms with van der Waals surface area (Å²) < 4.78 is 5.76. The van der Waals surface area contributed by atoms with Gasteiger partial charge in [-0.2, -0.15) is 0 Å². The molecule has 0 amide bonds. The van der Waals surface area contributed by atoms with Crippen molar-refractivity contribution in [2.45, 2.75) is 25.3 Å². The number of nitrogens with two attached hydrogens (primary N) is 1. The minimum Gasteiger partial charge on any atom is -0.493 e. The molecule has 3 rings (SSSR count). The van der Waals surface area contributed by atoms with Crippen LogP contribution in [0.2, 0.25) is 0 Å². The number of likely N-dealkylation sites (tertiary alicyclic amines) is 1. The van der Waals surface area contributed by atoms with Crippen molar-refractivity contribution >= 4 is 0 Å². The summed E-state index contributed by atoms with van der Waals surface area (Å²) in [5, 5.41) is 0. The second-order valence-electron chi connectivity index (χ2n) is 5.69. The van der Waals surface area contributed by atoms with Crippen LogP contribution in [0.3, 0.4) is 0 Å². The highest BCUT2D eigenvalue weighted by molar-refractivity contribution is 5.39. The molecule has 3 heteroatoms. The largest absolute Gasteiger partial charge is 0.493 e. The molecule has 1 fully saturated rings. The van der Waals surface area contributed by atoms with Crippen LogP contribution in [0.1, 0.15) is 24.8 Å². The topological polar surface area (TPSA) is 38.5 Å². The number of hydrogen-bond acceptors (Lipinski definition) is 3. The molecule has 0 bridgehead atoms. The number of benzene rings is 1. The first-order chi connectivity index (χ1) is 8.78. The number of para-hydroxylation sites is 1. The molecule has 2 aliphatic heterocycles. The third kappa shape index (κ3) is 2.13. The van der Waals surface area contributed by atoms with E-state index in [4.69, 9.17) is 10.5 Å². The van der Waals surface area contributed by atoms with Crippen molar-refractivity contribution in [2.24, 2.45) is 11.7 Å². The zero-order valence-corrected chi connectivity index (χ0v) is 11.0. The molecule has 2 heterocycles. The molecule has 1 aromatic carbocycles. The highest BCUT2D eigenvalue weighted by Gasteiger charge is 2.32. The predicted octanol–water partition coefficient (Wildman–Crippen LogP) is 1.83. The van der Waals surface area contributed by atoms with Crippen molar-refractivity contribution in [3.63, 3.8) is 0 Å². The molecule has 0 aromatic heterocycles. The van der Waals surface area contributed by atoms with E-state index in [1.165, 1.54) is 12.0 Å². The standard InChI is InChI=1S/C15H22N2O/c1-11-6-12(7-16)8-17(11)9-13-10-18-15-5-3-2-4-14(13)15/h2-5,11-13H,6-10,16H2,1H3.